The Bertz CT molecular complexity index is 1180. The van der Waals surface area contributed by atoms with Crippen LogP contribution in [-0.4, -0.2) is 71.8 Å². The molecule has 1 atom stereocenters. The number of aliphatic hydroxyl groups is 2. The molecule has 1 aliphatic carbocycles. The summed E-state index contributed by atoms with van der Waals surface area (Å²) in [6.07, 6.45) is 1.64. The second kappa shape index (κ2) is 12.4. The van der Waals surface area contributed by atoms with Crippen molar-refractivity contribution in [3.8, 4) is 12.1 Å². The molecule has 36 heavy (non-hydrogen) atoms. The Morgan fingerprint density at radius 3 is 2.25 bits per heavy atom. The highest BCUT2D eigenvalue weighted by Gasteiger charge is 2.35. The molecule has 0 radical (unpaired) electrons. The molecule has 10 nitrogen and oxygen atoms in total. The van der Waals surface area contributed by atoms with Crippen LogP contribution >= 0.6 is 11.8 Å². The van der Waals surface area contributed by atoms with E-state index in [1.54, 1.807) is 31.3 Å². The number of aliphatic hydroxyl groups excluding tert-OH is 2. The van der Waals surface area contributed by atoms with Crippen LogP contribution in [0.4, 0.5) is 5.82 Å². The quantitative estimate of drug-likeness (QED) is 0.358. The van der Waals surface area contributed by atoms with Crippen LogP contribution in [0.15, 0.2) is 35.4 Å². The van der Waals surface area contributed by atoms with Crippen molar-refractivity contribution in [1.29, 1.82) is 10.5 Å². The van der Waals surface area contributed by atoms with Crippen molar-refractivity contribution in [1.82, 2.24) is 9.88 Å². The van der Waals surface area contributed by atoms with E-state index < -0.39 is 11.2 Å². The van der Waals surface area contributed by atoms with Gasteiger partial charge in [0.1, 0.15) is 28.2 Å². The maximum Gasteiger partial charge on any atom is 0.242 e. The van der Waals surface area contributed by atoms with Gasteiger partial charge in [0, 0.05) is 20.1 Å². The van der Waals surface area contributed by atoms with E-state index in [1.165, 1.54) is 9.80 Å². The van der Waals surface area contributed by atoms with Crippen LogP contribution in [0.1, 0.15) is 46.3 Å². The normalized spacial score (nSPS) is 13.4. The van der Waals surface area contributed by atoms with E-state index >= 15 is 0 Å². The minimum absolute atomic E-state index is 0.0172. The molecule has 1 unspecified atom stereocenters. The second-order valence-electron chi connectivity index (χ2n) is 8.40. The zero-order valence-electron chi connectivity index (χ0n) is 19.9. The van der Waals surface area contributed by atoms with Crippen molar-refractivity contribution < 1.29 is 19.8 Å². The maximum atomic E-state index is 12.8. The Hall–Kier alpha value is -3.64. The molecule has 1 aromatic heterocycles. The number of nitrogens with zero attached hydrogens (tertiary/aromatic N) is 5. The van der Waals surface area contributed by atoms with Gasteiger partial charge in [0.15, 0.2) is 0 Å². The molecule has 1 fully saturated rings. The molecule has 1 aromatic carbocycles. The van der Waals surface area contributed by atoms with E-state index in [9.17, 15) is 30.3 Å². The first-order valence-corrected chi connectivity index (χ1v) is 12.3. The highest BCUT2D eigenvalue weighted by molar-refractivity contribution is 8.00. The summed E-state index contributed by atoms with van der Waals surface area (Å²) < 4.78 is 0. The van der Waals surface area contributed by atoms with Crippen LogP contribution in [0, 0.1) is 22.7 Å². The van der Waals surface area contributed by atoms with Gasteiger partial charge in [0.2, 0.25) is 11.8 Å². The fraction of sp³-hybridized carbons (Fsp3) is 0.400. The summed E-state index contributed by atoms with van der Waals surface area (Å²) in [5, 5.41) is 38.0. The summed E-state index contributed by atoms with van der Waals surface area (Å²) in [4.78, 5) is 32.6. The maximum absolute atomic E-state index is 12.8. The van der Waals surface area contributed by atoms with E-state index in [2.05, 4.69) is 17.1 Å². The summed E-state index contributed by atoms with van der Waals surface area (Å²) in [7, 11) is 1.61. The van der Waals surface area contributed by atoms with Crippen LogP contribution in [0.25, 0.3) is 0 Å². The van der Waals surface area contributed by atoms with Crippen molar-refractivity contribution >= 4 is 29.4 Å². The van der Waals surface area contributed by atoms with Crippen molar-refractivity contribution in [3.05, 3.63) is 52.6 Å². The van der Waals surface area contributed by atoms with Crippen LogP contribution < -0.4 is 10.6 Å². The predicted molar refractivity (Wildman–Crippen MR) is 134 cm³/mol. The van der Waals surface area contributed by atoms with Gasteiger partial charge >= 0.3 is 0 Å². The predicted octanol–water partition coefficient (Wildman–Crippen LogP) is 1.27. The average molecular weight is 509 g/mol. The zero-order chi connectivity index (χ0) is 26.2. The van der Waals surface area contributed by atoms with E-state index in [0.29, 0.717) is 11.1 Å². The Kier molecular flexibility index (Phi) is 9.25. The van der Waals surface area contributed by atoms with Crippen LogP contribution in [0.3, 0.4) is 0 Å². The lowest BCUT2D eigenvalue weighted by Crippen LogP contribution is -2.42. The molecule has 3 rings (SSSR count). The third kappa shape index (κ3) is 6.13. The second-order valence-corrected chi connectivity index (χ2v) is 9.49. The minimum Gasteiger partial charge on any atom is -0.395 e. The number of aromatic nitrogens is 1. The van der Waals surface area contributed by atoms with Crippen LogP contribution in [0.5, 0.6) is 0 Å². The number of benzene rings is 1. The van der Waals surface area contributed by atoms with Gasteiger partial charge in [0.05, 0.1) is 30.9 Å². The van der Waals surface area contributed by atoms with E-state index in [0.717, 1.165) is 24.6 Å². The van der Waals surface area contributed by atoms with Crippen molar-refractivity contribution in [2.24, 2.45) is 5.73 Å². The first-order chi connectivity index (χ1) is 17.4. The highest BCUT2D eigenvalue weighted by atomic mass is 32.2. The standard InChI is InChI=1S/C25H28N6O4S/c1-30(15-20(34)31(9-11-32)10-12-33)24-18(13-26)21(16-7-8-16)19(14-27)25(29-24)36-22(23(28)35)17-5-3-2-4-6-17/h2-6,16,22,32-33H,7-12,15H2,1H3,(H2,28,35). The van der Waals surface area contributed by atoms with E-state index in [-0.39, 0.29) is 66.6 Å². The van der Waals surface area contributed by atoms with Crippen molar-refractivity contribution in [2.45, 2.75) is 29.0 Å². The SMILES string of the molecule is CN(CC(=O)N(CCO)CCO)c1nc(SC(C(N)=O)c2ccccc2)c(C#N)c(C2CC2)c1C#N. The summed E-state index contributed by atoms with van der Waals surface area (Å²) in [5.41, 5.74) is 7.40. The lowest BCUT2D eigenvalue weighted by molar-refractivity contribution is -0.130. The number of rotatable bonds is 12. The Balaban J connectivity index is 2.06. The molecule has 1 aliphatic rings. The molecule has 188 valence electrons. The van der Waals surface area contributed by atoms with Gasteiger partial charge in [-0.1, -0.05) is 42.1 Å². The fourth-order valence-electron chi connectivity index (χ4n) is 3.94. The number of likely N-dealkylation sites (N-methyl/N-ethyl adjacent to an activating group) is 1. The topological polar surface area (TPSA) is 168 Å². The smallest absolute Gasteiger partial charge is 0.242 e. The van der Waals surface area contributed by atoms with Crippen LogP contribution in [-0.2, 0) is 9.59 Å². The largest absolute Gasteiger partial charge is 0.395 e. The fourth-order valence-corrected chi connectivity index (χ4v) is 4.98. The molecule has 2 aromatic rings. The first kappa shape index (κ1) is 27.0. The molecular weight excluding hydrogens is 480 g/mol. The van der Waals surface area contributed by atoms with Gasteiger partial charge in [-0.2, -0.15) is 10.5 Å². The number of nitrogens with two attached hydrogens (primary N) is 1. The zero-order valence-corrected chi connectivity index (χ0v) is 20.7. The molecule has 0 spiro atoms. The Morgan fingerprint density at radius 2 is 1.75 bits per heavy atom. The van der Waals surface area contributed by atoms with Crippen LogP contribution in [0.2, 0.25) is 0 Å². The van der Waals surface area contributed by atoms with Gasteiger partial charge in [-0.05, 0) is 29.9 Å². The summed E-state index contributed by atoms with van der Waals surface area (Å²) >= 11 is 1.05. The number of nitriles is 2. The number of primary amides is 1. The Labute approximate surface area is 213 Å². The molecule has 0 aliphatic heterocycles. The number of pyridine rings is 1. The minimum atomic E-state index is -0.810. The molecular formula is C25H28N6O4S. The number of hydrogen-bond donors (Lipinski definition) is 3. The van der Waals surface area contributed by atoms with Gasteiger partial charge in [0.25, 0.3) is 0 Å². The van der Waals surface area contributed by atoms with Gasteiger partial charge in [-0.15, -0.1) is 0 Å². The lowest BCUT2D eigenvalue weighted by atomic mass is 10.00. The molecule has 2 amide bonds. The molecule has 0 saturated heterocycles. The molecule has 1 saturated carbocycles. The number of carbonyl (C=O) groups excluding carboxylic acids is 2. The van der Waals surface area contributed by atoms with Crippen molar-refractivity contribution in [2.75, 3.05) is 44.8 Å². The Morgan fingerprint density at radius 1 is 1.14 bits per heavy atom. The van der Waals surface area contributed by atoms with E-state index in [1.807, 2.05) is 6.07 Å². The molecule has 1 heterocycles. The summed E-state index contributed by atoms with van der Waals surface area (Å²) in [6.45, 7) is -0.557. The molecule has 11 heteroatoms. The monoisotopic (exact) mass is 508 g/mol. The number of amides is 2. The van der Waals surface area contributed by atoms with E-state index in [4.69, 9.17) is 5.73 Å². The number of anilines is 1. The van der Waals surface area contributed by atoms with Crippen molar-refractivity contribution in [3.63, 3.8) is 0 Å². The van der Waals surface area contributed by atoms with Gasteiger partial charge in [-0.25, -0.2) is 4.98 Å². The molecule has 4 N–H and O–H groups in total. The number of carbonyl (C=O) groups is 2. The summed E-state index contributed by atoms with van der Waals surface area (Å²) in [6, 6.07) is 13.3. The summed E-state index contributed by atoms with van der Waals surface area (Å²) in [5.74, 6) is -0.720. The molecule has 0 bridgehead atoms. The third-order valence-electron chi connectivity index (χ3n) is 5.81. The number of thioether (sulfide) groups is 1. The first-order valence-electron chi connectivity index (χ1n) is 11.5. The number of hydrogen-bond acceptors (Lipinski definition) is 9. The lowest BCUT2D eigenvalue weighted by Gasteiger charge is -2.26. The van der Waals surface area contributed by atoms with Gasteiger partial charge in [-0.3, -0.25) is 9.59 Å². The average Bonchev–Trinajstić information content (AvgIpc) is 3.71. The van der Waals surface area contributed by atoms with Gasteiger partial charge < -0.3 is 25.7 Å². The highest BCUT2D eigenvalue weighted by Crippen LogP contribution is 2.48. The third-order valence-corrected chi connectivity index (χ3v) is 7.07.